The number of ether oxygens (including phenoxy) is 2. The van der Waals surface area contributed by atoms with E-state index in [2.05, 4.69) is 4.98 Å². The normalized spacial score (nSPS) is 22.8. The molecule has 0 amide bonds. The van der Waals surface area contributed by atoms with Gasteiger partial charge in [-0.25, -0.2) is 0 Å². The molecule has 2 aliphatic rings. The zero-order valence-corrected chi connectivity index (χ0v) is 15.7. The smallest absolute Gasteiger partial charge is 0.408 e. The third kappa shape index (κ3) is 4.08. The summed E-state index contributed by atoms with van der Waals surface area (Å²) in [7, 11) is 0. The Balaban J connectivity index is 2.04. The number of fused-ring (bicyclic) bond motifs is 1. The van der Waals surface area contributed by atoms with Gasteiger partial charge in [-0.15, -0.1) is 0 Å². The number of rotatable bonds is 4. The van der Waals surface area contributed by atoms with Gasteiger partial charge < -0.3 is 19.3 Å². The van der Waals surface area contributed by atoms with Crippen LogP contribution in [0, 0.1) is 0 Å². The fourth-order valence-electron chi connectivity index (χ4n) is 3.54. The van der Waals surface area contributed by atoms with Gasteiger partial charge in [0.25, 0.3) is 5.56 Å². The van der Waals surface area contributed by atoms with E-state index in [0.29, 0.717) is 19.8 Å². The predicted octanol–water partition coefficient (Wildman–Crippen LogP) is 1.17. The number of aromatic nitrogens is 2. The van der Waals surface area contributed by atoms with Crippen LogP contribution in [-0.2, 0) is 20.8 Å². The molecule has 3 rings (SSSR count). The molecule has 0 saturated carbocycles. The van der Waals surface area contributed by atoms with Crippen LogP contribution in [0.4, 0.5) is 24.9 Å². The molecule has 0 aliphatic carbocycles. The summed E-state index contributed by atoms with van der Waals surface area (Å²) in [6.45, 7) is 4.08. The van der Waals surface area contributed by atoms with Crippen LogP contribution in [0.3, 0.4) is 0 Å². The molecule has 2 aliphatic heterocycles. The summed E-state index contributed by atoms with van der Waals surface area (Å²) in [6, 6.07) is -0.674. The second-order valence-corrected chi connectivity index (χ2v) is 6.80. The summed E-state index contributed by atoms with van der Waals surface area (Å²) in [6.07, 6.45) is -4.91. The van der Waals surface area contributed by atoms with E-state index in [0.717, 1.165) is 4.90 Å². The molecule has 156 valence electrons. The van der Waals surface area contributed by atoms with Crippen LogP contribution >= 0.6 is 0 Å². The lowest BCUT2D eigenvalue weighted by Crippen LogP contribution is -2.54. The van der Waals surface area contributed by atoms with E-state index in [1.807, 2.05) is 11.8 Å². The van der Waals surface area contributed by atoms with Crippen molar-refractivity contribution in [2.75, 3.05) is 42.7 Å². The average molecular weight is 404 g/mol. The van der Waals surface area contributed by atoms with Crippen LogP contribution in [0.15, 0.2) is 10.9 Å². The lowest BCUT2D eigenvalue weighted by atomic mass is 10.1. The molecular formula is C17H23F3N4O4. The maximum Gasteiger partial charge on any atom is 0.408 e. The van der Waals surface area contributed by atoms with Crippen molar-refractivity contribution in [3.8, 4) is 0 Å². The van der Waals surface area contributed by atoms with Gasteiger partial charge in [-0.1, -0.05) is 0 Å². The van der Waals surface area contributed by atoms with Gasteiger partial charge in [-0.3, -0.25) is 14.2 Å². The molecule has 2 unspecified atom stereocenters. The molecule has 3 heterocycles. The highest BCUT2D eigenvalue weighted by atomic mass is 19.4. The van der Waals surface area contributed by atoms with E-state index in [4.69, 9.17) is 9.47 Å². The molecule has 0 bridgehead atoms. The molecule has 0 radical (unpaired) electrons. The molecule has 1 aromatic heterocycles. The number of nitrogens with zero attached hydrogens (tertiary/aromatic N) is 4. The fraction of sp³-hybridized carbons (Fsp3) is 0.706. The Morgan fingerprint density at radius 2 is 2.14 bits per heavy atom. The summed E-state index contributed by atoms with van der Waals surface area (Å²) in [5.41, 5.74) is -0.451. The minimum atomic E-state index is -4.57. The molecule has 0 N–H and O–H groups in total. The second kappa shape index (κ2) is 7.98. The Morgan fingerprint density at radius 1 is 1.39 bits per heavy atom. The lowest BCUT2D eigenvalue weighted by Gasteiger charge is -2.39. The Kier molecular flexibility index (Phi) is 5.82. The molecule has 28 heavy (non-hydrogen) atoms. The molecule has 8 nitrogen and oxygen atoms in total. The van der Waals surface area contributed by atoms with E-state index in [-0.39, 0.29) is 37.4 Å². The van der Waals surface area contributed by atoms with E-state index < -0.39 is 30.3 Å². The van der Waals surface area contributed by atoms with Crippen molar-refractivity contribution in [2.24, 2.45) is 0 Å². The molecule has 1 aromatic rings. The van der Waals surface area contributed by atoms with Crippen molar-refractivity contribution >= 4 is 17.7 Å². The maximum atomic E-state index is 13.6. The van der Waals surface area contributed by atoms with Crippen LogP contribution in [0.5, 0.6) is 0 Å². The van der Waals surface area contributed by atoms with E-state index in [1.54, 1.807) is 6.92 Å². The molecule has 0 aromatic carbocycles. The minimum Gasteiger partial charge on any atom is -0.465 e. The van der Waals surface area contributed by atoms with E-state index in [1.165, 1.54) is 10.6 Å². The highest BCUT2D eigenvalue weighted by Gasteiger charge is 2.47. The van der Waals surface area contributed by atoms with Crippen molar-refractivity contribution in [1.29, 1.82) is 0 Å². The van der Waals surface area contributed by atoms with Crippen molar-refractivity contribution in [3.05, 3.63) is 16.4 Å². The Hall–Kier alpha value is -2.30. The summed E-state index contributed by atoms with van der Waals surface area (Å²) in [4.78, 5) is 31.5. The molecule has 0 spiro atoms. The first-order chi connectivity index (χ1) is 13.2. The van der Waals surface area contributed by atoms with Crippen LogP contribution in [-0.4, -0.2) is 66.7 Å². The number of morpholine rings is 1. The molecule has 11 heteroatoms. The predicted molar refractivity (Wildman–Crippen MR) is 94.6 cm³/mol. The third-order valence-corrected chi connectivity index (χ3v) is 4.88. The van der Waals surface area contributed by atoms with Crippen LogP contribution in [0.2, 0.25) is 0 Å². The van der Waals surface area contributed by atoms with Crippen LogP contribution in [0.25, 0.3) is 0 Å². The Labute approximate surface area is 159 Å². The topological polar surface area (TPSA) is 76.9 Å². The number of halogens is 3. The first-order valence-corrected chi connectivity index (χ1v) is 9.17. The van der Waals surface area contributed by atoms with E-state index in [9.17, 15) is 22.8 Å². The lowest BCUT2D eigenvalue weighted by molar-refractivity contribution is -0.155. The molecule has 1 fully saturated rings. The van der Waals surface area contributed by atoms with Gasteiger partial charge >= 0.3 is 12.1 Å². The first kappa shape index (κ1) is 20.4. The monoisotopic (exact) mass is 404 g/mol. The first-order valence-electron chi connectivity index (χ1n) is 9.17. The van der Waals surface area contributed by atoms with Gasteiger partial charge in [-0.05, 0) is 20.3 Å². The molecule has 2 atom stereocenters. The number of hydrogen-bond acceptors (Lipinski definition) is 7. The third-order valence-electron chi connectivity index (χ3n) is 4.88. The van der Waals surface area contributed by atoms with Gasteiger partial charge in [0.2, 0.25) is 5.95 Å². The zero-order valence-electron chi connectivity index (χ0n) is 15.7. The average Bonchev–Trinajstić information content (AvgIpc) is 2.61. The number of anilines is 2. The number of carbonyl (C=O) groups is 1. The van der Waals surface area contributed by atoms with Crippen LogP contribution < -0.4 is 15.4 Å². The zero-order chi connectivity index (χ0) is 20.5. The summed E-state index contributed by atoms with van der Waals surface area (Å²) < 4.78 is 52.2. The Morgan fingerprint density at radius 3 is 2.79 bits per heavy atom. The van der Waals surface area contributed by atoms with Crippen molar-refractivity contribution in [3.63, 3.8) is 0 Å². The Bertz CT molecular complexity index is 783. The van der Waals surface area contributed by atoms with Gasteiger partial charge in [-0.2, -0.15) is 18.2 Å². The van der Waals surface area contributed by atoms with Crippen molar-refractivity contribution in [2.45, 2.75) is 45.1 Å². The largest absolute Gasteiger partial charge is 0.465 e. The van der Waals surface area contributed by atoms with Gasteiger partial charge in [0, 0.05) is 19.2 Å². The SMILES string of the molecule is CCOC(=O)CN1c2nc(N3CCOCC3C)cc(=O)n2CCC1C(F)(F)F. The van der Waals surface area contributed by atoms with Crippen molar-refractivity contribution in [1.82, 2.24) is 9.55 Å². The number of hydrogen-bond donors (Lipinski definition) is 0. The minimum absolute atomic E-state index is 0.0505. The quantitative estimate of drug-likeness (QED) is 0.698. The standard InChI is InChI=1S/C17H23F3N4O4/c1-3-28-15(26)9-24-12(17(18,19)20)4-5-23-14(25)8-13(21-16(23)24)22-6-7-27-10-11(22)2/h8,11-12H,3-7,9-10H2,1-2H3. The van der Waals surface area contributed by atoms with Gasteiger partial charge in [0.1, 0.15) is 18.4 Å². The maximum absolute atomic E-state index is 13.6. The number of alkyl halides is 3. The number of esters is 1. The second-order valence-electron chi connectivity index (χ2n) is 6.80. The van der Waals surface area contributed by atoms with Gasteiger partial charge in [0.15, 0.2) is 0 Å². The van der Waals surface area contributed by atoms with E-state index >= 15 is 0 Å². The van der Waals surface area contributed by atoms with Gasteiger partial charge in [0.05, 0.1) is 25.9 Å². The highest BCUT2D eigenvalue weighted by molar-refractivity contribution is 5.75. The fourth-order valence-corrected chi connectivity index (χ4v) is 3.54. The number of carbonyl (C=O) groups excluding carboxylic acids is 1. The highest BCUT2D eigenvalue weighted by Crippen LogP contribution is 2.34. The van der Waals surface area contributed by atoms with Crippen molar-refractivity contribution < 1.29 is 27.4 Å². The summed E-state index contributed by atoms with van der Waals surface area (Å²) in [5, 5.41) is 0. The van der Waals surface area contributed by atoms with Crippen LogP contribution in [0.1, 0.15) is 20.3 Å². The summed E-state index contributed by atoms with van der Waals surface area (Å²) in [5.74, 6) is -0.684. The molecule has 1 saturated heterocycles. The summed E-state index contributed by atoms with van der Waals surface area (Å²) >= 11 is 0. The molecular weight excluding hydrogens is 381 g/mol.